The van der Waals surface area contributed by atoms with Crippen LogP contribution in [0.4, 0.5) is 17.6 Å². The zero-order valence-electron chi connectivity index (χ0n) is 12.0. The predicted octanol–water partition coefficient (Wildman–Crippen LogP) is 4.24. The van der Waals surface area contributed by atoms with Crippen LogP contribution in [-0.2, 0) is 6.05 Å². The fourth-order valence-electron chi connectivity index (χ4n) is 2.27. The third-order valence-corrected chi connectivity index (χ3v) is 3.42. The molecule has 0 amide bonds. The lowest BCUT2D eigenvalue weighted by Crippen LogP contribution is -2.31. The molecule has 2 heterocycles. The minimum absolute atomic E-state index is 0.0452. The van der Waals surface area contributed by atoms with E-state index < -0.39 is 12.5 Å². The molecule has 1 N–H and O–H groups in total. The van der Waals surface area contributed by atoms with Gasteiger partial charge in [-0.1, -0.05) is 12.1 Å². The number of rotatable bonds is 4. The smallest absolute Gasteiger partial charge is 0.337 e. The molecule has 0 aliphatic heterocycles. The first-order valence-electron chi connectivity index (χ1n) is 6.84. The molecule has 122 valence electrons. The van der Waals surface area contributed by atoms with Crippen LogP contribution in [0, 0.1) is 11.3 Å². The Morgan fingerprint density at radius 3 is 2.67 bits per heavy atom. The summed E-state index contributed by atoms with van der Waals surface area (Å²) in [4.78, 5) is 7.09. The van der Waals surface area contributed by atoms with Crippen molar-refractivity contribution in [1.82, 2.24) is 14.5 Å². The molecule has 0 radical (unpaired) electrons. The number of fused-ring (bicyclic) bond motifs is 1. The summed E-state index contributed by atoms with van der Waals surface area (Å²) in [5, 5.41) is 9.28. The van der Waals surface area contributed by atoms with E-state index in [0.29, 0.717) is 11.0 Å². The highest BCUT2D eigenvalue weighted by atomic mass is 19.3. The van der Waals surface area contributed by atoms with Gasteiger partial charge in [0.1, 0.15) is 11.9 Å². The van der Waals surface area contributed by atoms with Gasteiger partial charge in [-0.15, -0.1) is 0 Å². The van der Waals surface area contributed by atoms with Crippen LogP contribution >= 0.6 is 0 Å². The van der Waals surface area contributed by atoms with Crippen LogP contribution in [0.25, 0.3) is 22.7 Å². The Kier molecular flexibility index (Phi) is 3.85. The molecule has 24 heavy (non-hydrogen) atoms. The molecule has 2 aromatic heterocycles. The van der Waals surface area contributed by atoms with Crippen molar-refractivity contribution < 1.29 is 17.6 Å². The van der Waals surface area contributed by atoms with E-state index in [9.17, 15) is 22.8 Å². The second-order valence-corrected chi connectivity index (χ2v) is 4.96. The van der Waals surface area contributed by atoms with Gasteiger partial charge in [0.15, 0.2) is 0 Å². The number of H-pyrrole nitrogens is 1. The topological polar surface area (TPSA) is 57.4 Å². The van der Waals surface area contributed by atoms with E-state index in [2.05, 4.69) is 9.97 Å². The Morgan fingerprint density at radius 1 is 1.25 bits per heavy atom. The third-order valence-electron chi connectivity index (χ3n) is 3.42. The van der Waals surface area contributed by atoms with E-state index in [1.807, 2.05) is 6.07 Å². The molecule has 0 fully saturated rings. The van der Waals surface area contributed by atoms with Crippen molar-refractivity contribution in [2.45, 2.75) is 12.5 Å². The molecule has 0 unspecified atom stereocenters. The standard InChI is InChI=1S/C16H10F4N4/c17-15(18)16(19,20)24-7-3-4-11(24)8-10(9-21)14-22-12-5-1-2-6-13(12)23-14/h1-8,15H,(H,22,23)/b10-8+. The highest BCUT2D eigenvalue weighted by Crippen LogP contribution is 2.31. The van der Waals surface area contributed by atoms with E-state index in [0.717, 1.165) is 12.3 Å². The maximum atomic E-state index is 13.6. The van der Waals surface area contributed by atoms with E-state index >= 15 is 0 Å². The maximum Gasteiger partial charge on any atom is 0.389 e. The summed E-state index contributed by atoms with van der Waals surface area (Å²) < 4.78 is 52.4. The van der Waals surface area contributed by atoms with Crippen LogP contribution in [0.1, 0.15) is 11.5 Å². The summed E-state index contributed by atoms with van der Waals surface area (Å²) in [6.45, 7) is 0. The molecule has 0 bridgehead atoms. The number of nitriles is 1. The van der Waals surface area contributed by atoms with E-state index in [4.69, 9.17) is 0 Å². The number of benzene rings is 1. The van der Waals surface area contributed by atoms with Crippen molar-refractivity contribution in [3.63, 3.8) is 0 Å². The van der Waals surface area contributed by atoms with Crippen LogP contribution < -0.4 is 0 Å². The van der Waals surface area contributed by atoms with Gasteiger partial charge >= 0.3 is 12.5 Å². The van der Waals surface area contributed by atoms with Gasteiger partial charge in [0.25, 0.3) is 0 Å². The Morgan fingerprint density at radius 2 is 2.00 bits per heavy atom. The first kappa shape index (κ1) is 15.8. The number of alkyl halides is 4. The SMILES string of the molecule is N#C/C(=C\c1cccn1C(F)(F)C(F)F)c1nc2ccccc2[nH]1. The van der Waals surface area contributed by atoms with Gasteiger partial charge in [-0.2, -0.15) is 14.0 Å². The molecule has 0 aliphatic rings. The molecule has 0 aliphatic carbocycles. The monoisotopic (exact) mass is 334 g/mol. The van der Waals surface area contributed by atoms with Crippen molar-refractivity contribution in [2.24, 2.45) is 0 Å². The van der Waals surface area contributed by atoms with Crippen molar-refractivity contribution >= 4 is 22.7 Å². The summed E-state index contributed by atoms with van der Waals surface area (Å²) in [5.41, 5.74) is 0.998. The summed E-state index contributed by atoms with van der Waals surface area (Å²) in [6, 6.07) is 6.90. The second kappa shape index (κ2) is 5.85. The average Bonchev–Trinajstić information content (AvgIpc) is 3.18. The Balaban J connectivity index is 2.07. The van der Waals surface area contributed by atoms with Gasteiger partial charge < -0.3 is 4.98 Å². The van der Waals surface area contributed by atoms with Gasteiger partial charge in [-0.05, 0) is 30.3 Å². The summed E-state index contributed by atoms with van der Waals surface area (Å²) in [5.74, 6) is 0.173. The zero-order chi connectivity index (χ0) is 17.3. The number of halogens is 4. The normalized spacial score (nSPS) is 12.8. The molecule has 0 atom stereocenters. The predicted molar refractivity (Wildman–Crippen MR) is 80.2 cm³/mol. The Bertz CT molecular complexity index is 913. The van der Waals surface area contributed by atoms with Crippen molar-refractivity contribution in [3.05, 3.63) is 54.1 Å². The van der Waals surface area contributed by atoms with Crippen LogP contribution in [0.5, 0.6) is 0 Å². The maximum absolute atomic E-state index is 13.6. The molecule has 0 saturated carbocycles. The zero-order valence-corrected chi connectivity index (χ0v) is 12.0. The number of para-hydroxylation sites is 2. The van der Waals surface area contributed by atoms with Gasteiger partial charge in [0.05, 0.1) is 16.6 Å². The molecule has 8 heteroatoms. The number of aromatic nitrogens is 3. The number of allylic oxidation sites excluding steroid dienone is 1. The van der Waals surface area contributed by atoms with Crippen LogP contribution in [0.2, 0.25) is 0 Å². The highest BCUT2D eigenvalue weighted by Gasteiger charge is 2.43. The fraction of sp³-hybridized carbons (Fsp3) is 0.125. The molecular weight excluding hydrogens is 324 g/mol. The van der Waals surface area contributed by atoms with Crippen molar-refractivity contribution in [1.29, 1.82) is 5.26 Å². The lowest BCUT2D eigenvalue weighted by atomic mass is 10.2. The number of imidazole rings is 1. The minimum atomic E-state index is -4.37. The summed E-state index contributed by atoms with van der Waals surface area (Å²) in [6.07, 6.45) is -1.94. The lowest BCUT2D eigenvalue weighted by molar-refractivity contribution is -0.189. The average molecular weight is 334 g/mol. The number of aromatic amines is 1. The fourth-order valence-corrected chi connectivity index (χ4v) is 2.27. The molecule has 0 spiro atoms. The number of nitrogens with one attached hydrogen (secondary N) is 1. The lowest BCUT2D eigenvalue weighted by Gasteiger charge is -2.18. The van der Waals surface area contributed by atoms with E-state index in [1.54, 1.807) is 24.3 Å². The first-order valence-corrected chi connectivity index (χ1v) is 6.84. The number of nitrogens with zero attached hydrogens (tertiary/aromatic N) is 3. The van der Waals surface area contributed by atoms with E-state index in [-0.39, 0.29) is 21.7 Å². The second-order valence-electron chi connectivity index (χ2n) is 4.96. The molecular formula is C16H10F4N4. The van der Waals surface area contributed by atoms with Gasteiger partial charge in [0, 0.05) is 11.9 Å². The Labute approximate surface area is 133 Å². The van der Waals surface area contributed by atoms with Crippen LogP contribution in [0.3, 0.4) is 0 Å². The van der Waals surface area contributed by atoms with Crippen LogP contribution in [0.15, 0.2) is 42.6 Å². The quantitative estimate of drug-likeness (QED) is 0.573. The molecule has 3 rings (SSSR count). The van der Waals surface area contributed by atoms with Crippen LogP contribution in [-0.4, -0.2) is 21.0 Å². The third kappa shape index (κ3) is 2.65. The van der Waals surface area contributed by atoms with Crippen molar-refractivity contribution in [3.8, 4) is 6.07 Å². The molecule has 3 aromatic rings. The number of hydrogen-bond acceptors (Lipinski definition) is 2. The summed E-state index contributed by atoms with van der Waals surface area (Å²) in [7, 11) is 0. The van der Waals surface area contributed by atoms with Crippen molar-refractivity contribution in [2.75, 3.05) is 0 Å². The van der Waals surface area contributed by atoms with Gasteiger partial charge in [-0.3, -0.25) is 4.57 Å². The Hall–Kier alpha value is -3.08. The van der Waals surface area contributed by atoms with Gasteiger partial charge in [-0.25, -0.2) is 13.8 Å². The van der Waals surface area contributed by atoms with Gasteiger partial charge in [0.2, 0.25) is 0 Å². The molecule has 1 aromatic carbocycles. The number of hydrogen-bond donors (Lipinski definition) is 1. The van der Waals surface area contributed by atoms with E-state index in [1.165, 1.54) is 12.1 Å². The highest BCUT2D eigenvalue weighted by molar-refractivity contribution is 5.89. The minimum Gasteiger partial charge on any atom is -0.337 e. The first-order chi connectivity index (χ1) is 11.4. The molecule has 4 nitrogen and oxygen atoms in total. The molecule has 0 saturated heterocycles. The summed E-state index contributed by atoms with van der Waals surface area (Å²) >= 11 is 0. The largest absolute Gasteiger partial charge is 0.389 e.